The van der Waals surface area contributed by atoms with E-state index in [0.29, 0.717) is 0 Å². The van der Waals surface area contributed by atoms with Gasteiger partial charge in [0.15, 0.2) is 0 Å². The summed E-state index contributed by atoms with van der Waals surface area (Å²) in [6, 6.07) is 10.5. The van der Waals surface area contributed by atoms with Crippen molar-refractivity contribution in [3.63, 3.8) is 0 Å². The first-order valence-electron chi connectivity index (χ1n) is 4.18. The maximum atomic E-state index is 2.33. The molecule has 3 heteroatoms. The molecule has 0 heterocycles. The lowest BCUT2D eigenvalue weighted by molar-refractivity contribution is 0.866. The van der Waals surface area contributed by atoms with Gasteiger partial charge >= 0.3 is 0 Å². The standard InChI is InChI=1S/C10H15N.2BH3/c1-3-11(4-2)10-8-6-5-7-9-10;;/h5-9H,3-4H2,1-2H3;2*1H3. The van der Waals surface area contributed by atoms with Crippen LogP contribution in [0.4, 0.5) is 5.69 Å². The topological polar surface area (TPSA) is 3.24 Å². The minimum Gasteiger partial charge on any atom is -0.372 e. The maximum absolute atomic E-state index is 2.33. The summed E-state index contributed by atoms with van der Waals surface area (Å²) in [5, 5.41) is 0. The van der Waals surface area contributed by atoms with Crippen LogP contribution in [0, 0.1) is 0 Å². The molecular formula is C10H21B2N. The zero-order valence-corrected chi connectivity index (χ0v) is 7.25. The first-order chi connectivity index (χ1) is 5.38. The number of benzene rings is 1. The quantitative estimate of drug-likeness (QED) is 0.594. The van der Waals surface area contributed by atoms with Crippen molar-refractivity contribution in [1.29, 1.82) is 0 Å². The normalized spacial score (nSPS) is 8.15. The van der Waals surface area contributed by atoms with E-state index in [1.165, 1.54) is 5.69 Å². The van der Waals surface area contributed by atoms with E-state index in [1.807, 2.05) is 6.07 Å². The minimum absolute atomic E-state index is 0. The van der Waals surface area contributed by atoms with Crippen LogP contribution in [0.5, 0.6) is 0 Å². The van der Waals surface area contributed by atoms with Gasteiger partial charge in [0.25, 0.3) is 0 Å². The van der Waals surface area contributed by atoms with Crippen LogP contribution in [0.15, 0.2) is 30.3 Å². The Hall–Kier alpha value is -0.850. The average molecular weight is 177 g/mol. The molecule has 0 spiro atoms. The van der Waals surface area contributed by atoms with E-state index in [1.54, 1.807) is 0 Å². The summed E-state index contributed by atoms with van der Waals surface area (Å²) in [6.07, 6.45) is 0. The molecule has 72 valence electrons. The number of rotatable bonds is 3. The summed E-state index contributed by atoms with van der Waals surface area (Å²) in [5.41, 5.74) is 1.32. The Bertz CT molecular complexity index is 197. The Labute approximate surface area is 85.3 Å². The molecule has 0 aliphatic rings. The molecule has 0 radical (unpaired) electrons. The molecule has 1 rings (SSSR count). The van der Waals surface area contributed by atoms with Crippen molar-refractivity contribution >= 4 is 22.5 Å². The fourth-order valence-electron chi connectivity index (χ4n) is 1.23. The van der Waals surface area contributed by atoms with E-state index in [2.05, 4.69) is 43.0 Å². The molecule has 0 aliphatic heterocycles. The van der Waals surface area contributed by atoms with Crippen LogP contribution in [0.1, 0.15) is 13.8 Å². The van der Waals surface area contributed by atoms with Gasteiger partial charge in [0.05, 0.1) is 16.8 Å². The van der Waals surface area contributed by atoms with Crippen LogP contribution in [-0.2, 0) is 0 Å². The second-order valence-electron chi connectivity index (χ2n) is 2.51. The van der Waals surface area contributed by atoms with Gasteiger partial charge in [0, 0.05) is 18.8 Å². The number of nitrogens with zero attached hydrogens (tertiary/aromatic N) is 1. The molecule has 0 unspecified atom stereocenters. The Morgan fingerprint density at radius 2 is 1.38 bits per heavy atom. The summed E-state index contributed by atoms with van der Waals surface area (Å²) < 4.78 is 0. The molecule has 0 aromatic heterocycles. The Morgan fingerprint density at radius 3 is 1.77 bits per heavy atom. The van der Waals surface area contributed by atoms with Crippen molar-refractivity contribution in [2.45, 2.75) is 13.8 Å². The van der Waals surface area contributed by atoms with E-state index in [9.17, 15) is 0 Å². The smallest absolute Gasteiger partial charge is 0.0814 e. The summed E-state index contributed by atoms with van der Waals surface area (Å²) in [4.78, 5) is 2.33. The minimum atomic E-state index is 0. The Morgan fingerprint density at radius 1 is 0.923 bits per heavy atom. The monoisotopic (exact) mass is 177 g/mol. The predicted molar refractivity (Wildman–Crippen MR) is 69.9 cm³/mol. The van der Waals surface area contributed by atoms with Gasteiger partial charge in [-0.05, 0) is 26.0 Å². The van der Waals surface area contributed by atoms with E-state index >= 15 is 0 Å². The van der Waals surface area contributed by atoms with Crippen molar-refractivity contribution in [3.05, 3.63) is 30.3 Å². The molecule has 13 heavy (non-hydrogen) atoms. The van der Waals surface area contributed by atoms with E-state index in [4.69, 9.17) is 0 Å². The summed E-state index contributed by atoms with van der Waals surface area (Å²) in [6.45, 7) is 6.52. The van der Waals surface area contributed by atoms with Crippen molar-refractivity contribution in [2.24, 2.45) is 0 Å². The number of hydrogen-bond acceptors (Lipinski definition) is 1. The number of para-hydroxylation sites is 1. The highest BCUT2D eigenvalue weighted by molar-refractivity contribution is 5.76. The van der Waals surface area contributed by atoms with Gasteiger partial charge in [-0.3, -0.25) is 0 Å². The van der Waals surface area contributed by atoms with Gasteiger partial charge in [-0.1, -0.05) is 18.2 Å². The van der Waals surface area contributed by atoms with Crippen LogP contribution in [0.2, 0.25) is 0 Å². The van der Waals surface area contributed by atoms with E-state index < -0.39 is 0 Å². The zero-order chi connectivity index (χ0) is 8.10. The van der Waals surface area contributed by atoms with Crippen LogP contribution >= 0.6 is 0 Å². The van der Waals surface area contributed by atoms with Crippen LogP contribution in [0.25, 0.3) is 0 Å². The second-order valence-corrected chi connectivity index (χ2v) is 2.51. The average Bonchev–Trinajstić information content (AvgIpc) is 2.09. The third kappa shape index (κ3) is 4.07. The molecule has 0 atom stereocenters. The predicted octanol–water partition coefficient (Wildman–Crippen LogP) is 0.165. The third-order valence-corrected chi connectivity index (χ3v) is 1.88. The lowest BCUT2D eigenvalue weighted by Gasteiger charge is -2.20. The maximum Gasteiger partial charge on any atom is 0.0814 e. The molecule has 0 saturated carbocycles. The molecule has 0 aliphatic carbocycles. The Kier molecular flexibility index (Phi) is 8.78. The molecule has 0 fully saturated rings. The highest BCUT2D eigenvalue weighted by Gasteiger charge is 1.97. The first-order valence-corrected chi connectivity index (χ1v) is 4.18. The van der Waals surface area contributed by atoms with Gasteiger partial charge in [0.2, 0.25) is 0 Å². The molecule has 1 aromatic rings. The fraction of sp³-hybridized carbons (Fsp3) is 0.400. The third-order valence-electron chi connectivity index (χ3n) is 1.88. The first kappa shape index (κ1) is 14.7. The second kappa shape index (κ2) is 7.78. The summed E-state index contributed by atoms with van der Waals surface area (Å²) in [7, 11) is 0. The zero-order valence-electron chi connectivity index (χ0n) is 7.25. The summed E-state index contributed by atoms with van der Waals surface area (Å²) >= 11 is 0. The molecule has 0 amide bonds. The molecule has 1 aromatic carbocycles. The SMILES string of the molecule is B.B.CCN(CC)c1ccccc1. The lowest BCUT2D eigenvalue weighted by atomic mass is 10.3. The largest absolute Gasteiger partial charge is 0.372 e. The molecule has 0 saturated heterocycles. The van der Waals surface area contributed by atoms with Crippen LogP contribution in [0.3, 0.4) is 0 Å². The fourth-order valence-corrected chi connectivity index (χ4v) is 1.23. The van der Waals surface area contributed by atoms with Crippen molar-refractivity contribution in [1.82, 2.24) is 0 Å². The van der Waals surface area contributed by atoms with Gasteiger partial charge in [0.1, 0.15) is 0 Å². The van der Waals surface area contributed by atoms with E-state index in [0.717, 1.165) is 13.1 Å². The molecular weight excluding hydrogens is 156 g/mol. The Balaban J connectivity index is 0. The number of anilines is 1. The van der Waals surface area contributed by atoms with Gasteiger partial charge in [-0.25, -0.2) is 0 Å². The molecule has 1 nitrogen and oxygen atoms in total. The molecule has 0 N–H and O–H groups in total. The van der Waals surface area contributed by atoms with Gasteiger partial charge in [-0.15, -0.1) is 0 Å². The lowest BCUT2D eigenvalue weighted by Crippen LogP contribution is -2.21. The summed E-state index contributed by atoms with van der Waals surface area (Å²) in [5.74, 6) is 0. The molecule has 0 bridgehead atoms. The van der Waals surface area contributed by atoms with Crippen LogP contribution < -0.4 is 4.90 Å². The number of hydrogen-bond donors (Lipinski definition) is 0. The van der Waals surface area contributed by atoms with Gasteiger partial charge < -0.3 is 4.90 Å². The van der Waals surface area contributed by atoms with Crippen molar-refractivity contribution in [3.8, 4) is 0 Å². The van der Waals surface area contributed by atoms with E-state index in [-0.39, 0.29) is 16.8 Å². The highest BCUT2D eigenvalue weighted by Crippen LogP contribution is 2.11. The van der Waals surface area contributed by atoms with Gasteiger partial charge in [-0.2, -0.15) is 0 Å². The van der Waals surface area contributed by atoms with Crippen LogP contribution in [-0.4, -0.2) is 29.9 Å². The highest BCUT2D eigenvalue weighted by atomic mass is 15.1. The van der Waals surface area contributed by atoms with Crippen molar-refractivity contribution in [2.75, 3.05) is 18.0 Å². The van der Waals surface area contributed by atoms with Crippen molar-refractivity contribution < 1.29 is 0 Å².